The lowest BCUT2D eigenvalue weighted by atomic mass is 9.88. The van der Waals surface area contributed by atoms with Crippen molar-refractivity contribution in [2.75, 3.05) is 32.1 Å². The second kappa shape index (κ2) is 5.92. The molecule has 0 saturated carbocycles. The van der Waals surface area contributed by atoms with Gasteiger partial charge in [-0.25, -0.2) is 0 Å². The molecule has 0 aliphatic carbocycles. The number of benzene rings is 1. The van der Waals surface area contributed by atoms with Gasteiger partial charge < -0.3 is 15.4 Å². The molecule has 96 valence electrons. The lowest BCUT2D eigenvalue weighted by molar-refractivity contribution is 0.345. The zero-order valence-corrected chi connectivity index (χ0v) is 11.4. The van der Waals surface area contributed by atoms with Crippen LogP contribution in [0.5, 0.6) is 5.75 Å². The van der Waals surface area contributed by atoms with Crippen LogP contribution in [-0.2, 0) is 0 Å². The molecule has 0 heterocycles. The molecule has 0 saturated heterocycles. The van der Waals surface area contributed by atoms with E-state index >= 15 is 0 Å². The molecule has 0 amide bonds. The molecule has 2 N–H and O–H groups in total. The van der Waals surface area contributed by atoms with Crippen LogP contribution in [0.4, 0.5) is 5.69 Å². The van der Waals surface area contributed by atoms with E-state index in [-0.39, 0.29) is 5.41 Å². The zero-order chi connectivity index (χ0) is 12.9. The number of nitrogens with two attached hydrogens (primary N) is 1. The quantitative estimate of drug-likeness (QED) is 0.824. The number of nitrogens with zero attached hydrogens (tertiary/aromatic N) is 1. The summed E-state index contributed by atoms with van der Waals surface area (Å²) in [5.41, 5.74) is 6.98. The van der Waals surface area contributed by atoms with Crippen molar-refractivity contribution in [1.82, 2.24) is 0 Å². The number of hydrogen-bond donors (Lipinski definition) is 1. The van der Waals surface area contributed by atoms with Crippen molar-refractivity contribution in [3.05, 3.63) is 24.3 Å². The number of ether oxygens (including phenoxy) is 1. The van der Waals surface area contributed by atoms with Crippen molar-refractivity contribution in [3.8, 4) is 5.75 Å². The number of methoxy groups -OCH3 is 1. The molecule has 0 spiro atoms. The normalized spacial score (nSPS) is 11.4. The summed E-state index contributed by atoms with van der Waals surface area (Å²) in [7, 11) is 3.80. The summed E-state index contributed by atoms with van der Waals surface area (Å²) in [6.45, 7) is 6.18. The molecular weight excluding hydrogens is 212 g/mol. The van der Waals surface area contributed by atoms with E-state index in [4.69, 9.17) is 10.5 Å². The molecular formula is C14H24N2O. The van der Waals surface area contributed by atoms with Gasteiger partial charge in [-0.2, -0.15) is 0 Å². The Morgan fingerprint density at radius 3 is 2.53 bits per heavy atom. The first-order chi connectivity index (χ1) is 8.00. The van der Waals surface area contributed by atoms with Gasteiger partial charge in [-0.05, 0) is 30.5 Å². The summed E-state index contributed by atoms with van der Waals surface area (Å²) in [5.74, 6) is 0.915. The zero-order valence-electron chi connectivity index (χ0n) is 11.4. The van der Waals surface area contributed by atoms with Gasteiger partial charge in [0.05, 0.1) is 12.8 Å². The van der Waals surface area contributed by atoms with Gasteiger partial charge in [0.2, 0.25) is 0 Å². The Morgan fingerprint density at radius 1 is 1.29 bits per heavy atom. The van der Waals surface area contributed by atoms with Crippen LogP contribution in [0.2, 0.25) is 0 Å². The molecule has 1 aromatic rings. The maximum Gasteiger partial charge on any atom is 0.142 e. The first kappa shape index (κ1) is 13.8. The number of rotatable bonds is 6. The highest BCUT2D eigenvalue weighted by molar-refractivity contribution is 5.57. The predicted octanol–water partition coefficient (Wildman–Crippen LogP) is 2.51. The van der Waals surface area contributed by atoms with Crippen LogP contribution in [0.25, 0.3) is 0 Å². The van der Waals surface area contributed by atoms with Crippen LogP contribution in [0.1, 0.15) is 20.3 Å². The molecule has 0 bridgehead atoms. The van der Waals surface area contributed by atoms with E-state index in [1.807, 2.05) is 18.2 Å². The van der Waals surface area contributed by atoms with E-state index < -0.39 is 0 Å². The summed E-state index contributed by atoms with van der Waals surface area (Å²) < 4.78 is 5.37. The topological polar surface area (TPSA) is 38.5 Å². The fourth-order valence-corrected chi connectivity index (χ4v) is 2.14. The third kappa shape index (κ3) is 3.93. The van der Waals surface area contributed by atoms with Crippen LogP contribution in [0.3, 0.4) is 0 Å². The van der Waals surface area contributed by atoms with Crippen LogP contribution < -0.4 is 15.4 Å². The molecule has 0 unspecified atom stereocenters. The Kier molecular flexibility index (Phi) is 4.82. The largest absolute Gasteiger partial charge is 0.495 e. The molecule has 0 aromatic heterocycles. The van der Waals surface area contributed by atoms with E-state index in [0.717, 1.165) is 30.9 Å². The molecule has 0 aliphatic heterocycles. The minimum absolute atomic E-state index is 0.213. The van der Waals surface area contributed by atoms with E-state index in [1.165, 1.54) is 0 Å². The monoisotopic (exact) mass is 236 g/mol. The van der Waals surface area contributed by atoms with Crippen molar-refractivity contribution in [3.63, 3.8) is 0 Å². The van der Waals surface area contributed by atoms with Gasteiger partial charge in [0, 0.05) is 13.6 Å². The molecule has 17 heavy (non-hydrogen) atoms. The van der Waals surface area contributed by atoms with E-state index in [9.17, 15) is 0 Å². The number of anilines is 1. The van der Waals surface area contributed by atoms with Gasteiger partial charge >= 0.3 is 0 Å². The minimum atomic E-state index is 0.213. The molecule has 0 aliphatic rings. The maximum atomic E-state index is 5.64. The van der Waals surface area contributed by atoms with E-state index in [1.54, 1.807) is 7.11 Å². The summed E-state index contributed by atoms with van der Waals surface area (Å²) in [5, 5.41) is 0. The third-order valence-electron chi connectivity index (χ3n) is 2.98. The van der Waals surface area contributed by atoms with Crippen LogP contribution in [0, 0.1) is 5.41 Å². The van der Waals surface area contributed by atoms with Gasteiger partial charge in [-0.3, -0.25) is 0 Å². The summed E-state index contributed by atoms with van der Waals surface area (Å²) in [6, 6.07) is 8.09. The van der Waals surface area contributed by atoms with Gasteiger partial charge in [0.25, 0.3) is 0 Å². The first-order valence-corrected chi connectivity index (χ1v) is 6.04. The Balaban J connectivity index is 2.79. The Labute approximate surface area is 105 Å². The van der Waals surface area contributed by atoms with Crippen molar-refractivity contribution in [1.29, 1.82) is 0 Å². The van der Waals surface area contributed by atoms with Crippen LogP contribution >= 0.6 is 0 Å². The predicted molar refractivity (Wildman–Crippen MR) is 73.7 cm³/mol. The van der Waals surface area contributed by atoms with E-state index in [0.29, 0.717) is 0 Å². The standard InChI is InChI=1S/C14H24N2O/c1-14(2,9-10-15)11-16(3)12-7-5-6-8-13(12)17-4/h5-8H,9-11,15H2,1-4H3. The summed E-state index contributed by atoms with van der Waals surface area (Å²) in [6.07, 6.45) is 1.02. The van der Waals surface area contributed by atoms with Crippen molar-refractivity contribution < 1.29 is 4.74 Å². The molecule has 0 fully saturated rings. The molecule has 1 aromatic carbocycles. The van der Waals surface area contributed by atoms with Gasteiger partial charge in [-0.1, -0.05) is 26.0 Å². The molecule has 1 rings (SSSR count). The average molecular weight is 236 g/mol. The SMILES string of the molecule is COc1ccccc1N(C)CC(C)(C)CCN. The maximum absolute atomic E-state index is 5.64. The van der Waals surface area contributed by atoms with Gasteiger partial charge in [0.1, 0.15) is 5.75 Å². The molecule has 3 heteroatoms. The molecule has 0 radical (unpaired) electrons. The molecule has 0 atom stereocenters. The average Bonchev–Trinajstić information content (AvgIpc) is 2.28. The highest BCUT2D eigenvalue weighted by Gasteiger charge is 2.20. The minimum Gasteiger partial charge on any atom is -0.495 e. The molecule has 3 nitrogen and oxygen atoms in total. The van der Waals surface area contributed by atoms with Crippen molar-refractivity contribution >= 4 is 5.69 Å². The van der Waals surface area contributed by atoms with Gasteiger partial charge in [-0.15, -0.1) is 0 Å². The van der Waals surface area contributed by atoms with Crippen molar-refractivity contribution in [2.45, 2.75) is 20.3 Å². The lowest BCUT2D eigenvalue weighted by Crippen LogP contribution is -2.33. The smallest absolute Gasteiger partial charge is 0.142 e. The number of para-hydroxylation sites is 2. The van der Waals surface area contributed by atoms with Crippen LogP contribution in [-0.4, -0.2) is 27.2 Å². The summed E-state index contributed by atoms with van der Waals surface area (Å²) >= 11 is 0. The Hall–Kier alpha value is -1.22. The fourth-order valence-electron chi connectivity index (χ4n) is 2.14. The van der Waals surface area contributed by atoms with Gasteiger partial charge in [0.15, 0.2) is 0 Å². The third-order valence-corrected chi connectivity index (χ3v) is 2.98. The van der Waals surface area contributed by atoms with E-state index in [2.05, 4.69) is 31.9 Å². The summed E-state index contributed by atoms with van der Waals surface area (Å²) in [4.78, 5) is 2.23. The number of hydrogen-bond acceptors (Lipinski definition) is 3. The second-order valence-corrected chi connectivity index (χ2v) is 5.23. The second-order valence-electron chi connectivity index (χ2n) is 5.23. The highest BCUT2D eigenvalue weighted by Crippen LogP contribution is 2.30. The first-order valence-electron chi connectivity index (χ1n) is 6.04. The van der Waals surface area contributed by atoms with Crippen molar-refractivity contribution in [2.24, 2.45) is 11.1 Å². The highest BCUT2D eigenvalue weighted by atomic mass is 16.5. The Morgan fingerprint density at radius 2 is 1.94 bits per heavy atom. The Bertz CT molecular complexity index is 350. The lowest BCUT2D eigenvalue weighted by Gasteiger charge is -2.32. The van der Waals surface area contributed by atoms with Crippen LogP contribution in [0.15, 0.2) is 24.3 Å². The fraction of sp³-hybridized carbons (Fsp3) is 0.571.